The average Bonchev–Trinajstić information content (AvgIpc) is 2.69. The van der Waals surface area contributed by atoms with Crippen molar-refractivity contribution in [2.24, 2.45) is 0 Å². The highest BCUT2D eigenvalue weighted by Crippen LogP contribution is 2.40. The number of aryl methyl sites for hydroxylation is 2. The van der Waals surface area contributed by atoms with Gasteiger partial charge in [0.15, 0.2) is 0 Å². The topological polar surface area (TPSA) is 20.2 Å². The normalized spacial score (nSPS) is 17.2. The molecule has 0 radical (unpaired) electrons. The summed E-state index contributed by atoms with van der Waals surface area (Å²) in [5.74, 6) is 2.09. The maximum Gasteiger partial charge on any atom is 0.0846 e. The molecule has 0 bridgehead atoms. The number of rotatable bonds is 6. The van der Waals surface area contributed by atoms with Gasteiger partial charge in [0.1, 0.15) is 0 Å². The van der Waals surface area contributed by atoms with E-state index >= 15 is 0 Å². The van der Waals surface area contributed by atoms with Crippen LogP contribution in [0.15, 0.2) is 48.5 Å². The molecule has 1 fully saturated rings. The molecule has 1 saturated heterocycles. The molecule has 0 saturated carbocycles. The van der Waals surface area contributed by atoms with Crippen LogP contribution in [0.1, 0.15) is 67.3 Å². The van der Waals surface area contributed by atoms with E-state index in [0.717, 1.165) is 37.2 Å². The molecule has 1 heterocycles. The first-order chi connectivity index (χ1) is 13.4. The monoisotopic (exact) mass is 394 g/mol. The molecule has 3 rings (SSSR count). The van der Waals surface area contributed by atoms with Crippen molar-refractivity contribution in [3.8, 4) is 0 Å². The van der Waals surface area contributed by atoms with Gasteiger partial charge in [-0.15, -0.1) is 0 Å². The number of aliphatic hydroxyl groups is 1. The van der Waals surface area contributed by atoms with Crippen LogP contribution >= 0.6 is 11.8 Å². The Morgan fingerprint density at radius 1 is 1.00 bits per heavy atom. The fourth-order valence-electron chi connectivity index (χ4n) is 4.47. The van der Waals surface area contributed by atoms with E-state index in [4.69, 9.17) is 0 Å². The molecule has 2 aromatic carbocycles. The Hall–Kier alpha value is -1.51. The van der Waals surface area contributed by atoms with Crippen LogP contribution < -0.4 is 0 Å². The second-order valence-electron chi connectivity index (χ2n) is 8.28. The molecule has 1 aliphatic heterocycles. The van der Waals surface area contributed by atoms with Gasteiger partial charge >= 0.3 is 0 Å². The predicted octanol–water partition coefficient (Wildman–Crippen LogP) is 6.68. The van der Waals surface area contributed by atoms with Crippen molar-refractivity contribution in [2.45, 2.75) is 64.4 Å². The number of thioether (sulfide) groups is 1. The third-order valence-corrected chi connectivity index (χ3v) is 7.52. The number of hydrogen-bond acceptors (Lipinski definition) is 2. The molecule has 0 aliphatic carbocycles. The molecule has 28 heavy (non-hydrogen) atoms. The van der Waals surface area contributed by atoms with Crippen molar-refractivity contribution in [1.82, 2.24) is 0 Å². The zero-order valence-electron chi connectivity index (χ0n) is 17.8. The molecule has 0 unspecified atom stereocenters. The van der Waals surface area contributed by atoms with Crippen molar-refractivity contribution in [1.29, 1.82) is 0 Å². The van der Waals surface area contributed by atoms with Crippen LogP contribution in [0, 0.1) is 13.8 Å². The second kappa shape index (κ2) is 8.88. The van der Waals surface area contributed by atoms with Gasteiger partial charge < -0.3 is 5.11 Å². The highest BCUT2D eigenvalue weighted by atomic mass is 32.2. The summed E-state index contributed by atoms with van der Waals surface area (Å²) < 4.78 is 0. The standard InChI is InChI=1S/C26H34OS/c1-5-26(6-2,23-9-7-8-20(3)18-23)24-11-10-22(21(4)19-24)12-13-25(27)14-16-28-17-15-25/h7-13,18-19,27H,5-6,14-17H2,1-4H3. The van der Waals surface area contributed by atoms with Gasteiger partial charge in [0.05, 0.1) is 5.60 Å². The van der Waals surface area contributed by atoms with E-state index in [0.29, 0.717) is 0 Å². The SMILES string of the molecule is CCC(CC)(c1cccc(C)c1)c1ccc(C=CC2(O)CCSCC2)c(C)c1. The molecule has 0 aromatic heterocycles. The first kappa shape index (κ1) is 21.2. The smallest absolute Gasteiger partial charge is 0.0846 e. The number of hydrogen-bond donors (Lipinski definition) is 1. The highest BCUT2D eigenvalue weighted by Gasteiger charge is 2.31. The van der Waals surface area contributed by atoms with E-state index in [1.807, 2.05) is 17.8 Å². The summed E-state index contributed by atoms with van der Waals surface area (Å²) in [5.41, 5.74) is 6.03. The van der Waals surface area contributed by atoms with E-state index in [1.54, 1.807) is 0 Å². The largest absolute Gasteiger partial charge is 0.386 e. The Morgan fingerprint density at radius 2 is 1.68 bits per heavy atom. The molecule has 1 nitrogen and oxygen atoms in total. The van der Waals surface area contributed by atoms with Crippen LogP contribution in [0.3, 0.4) is 0 Å². The maximum atomic E-state index is 10.8. The first-order valence-electron chi connectivity index (χ1n) is 10.6. The lowest BCUT2D eigenvalue weighted by Gasteiger charge is -2.34. The van der Waals surface area contributed by atoms with E-state index in [9.17, 15) is 5.11 Å². The van der Waals surface area contributed by atoms with Gasteiger partial charge in [-0.2, -0.15) is 11.8 Å². The quantitative estimate of drug-likeness (QED) is 0.589. The van der Waals surface area contributed by atoms with E-state index in [2.05, 4.69) is 76.2 Å². The molecule has 0 amide bonds. The third-order valence-electron chi connectivity index (χ3n) is 6.53. The van der Waals surface area contributed by atoms with Crippen LogP contribution in [-0.4, -0.2) is 22.2 Å². The zero-order chi connectivity index (χ0) is 20.2. The van der Waals surface area contributed by atoms with Crippen molar-refractivity contribution >= 4 is 17.8 Å². The fraction of sp³-hybridized carbons (Fsp3) is 0.462. The molecule has 1 N–H and O–H groups in total. The maximum absolute atomic E-state index is 10.8. The summed E-state index contributed by atoms with van der Waals surface area (Å²) in [6, 6.07) is 15.9. The van der Waals surface area contributed by atoms with Gasteiger partial charge in [-0.3, -0.25) is 0 Å². The Balaban J connectivity index is 1.93. The molecular formula is C26H34OS. The molecule has 2 heteroatoms. The minimum atomic E-state index is -0.630. The van der Waals surface area contributed by atoms with Gasteiger partial charge in [-0.25, -0.2) is 0 Å². The lowest BCUT2D eigenvalue weighted by atomic mass is 9.70. The van der Waals surface area contributed by atoms with Crippen LogP contribution in [-0.2, 0) is 5.41 Å². The third kappa shape index (κ3) is 4.39. The Labute approximate surface area is 175 Å². The Morgan fingerprint density at radius 3 is 2.29 bits per heavy atom. The molecule has 0 spiro atoms. The average molecular weight is 395 g/mol. The van der Waals surface area contributed by atoms with Gasteiger partial charge in [0.25, 0.3) is 0 Å². The van der Waals surface area contributed by atoms with Crippen molar-refractivity contribution in [2.75, 3.05) is 11.5 Å². The molecule has 150 valence electrons. The number of benzene rings is 2. The van der Waals surface area contributed by atoms with E-state index in [-0.39, 0.29) is 5.41 Å². The van der Waals surface area contributed by atoms with Gasteiger partial charge in [0.2, 0.25) is 0 Å². The summed E-state index contributed by atoms with van der Waals surface area (Å²) in [7, 11) is 0. The minimum absolute atomic E-state index is 0.0534. The summed E-state index contributed by atoms with van der Waals surface area (Å²) in [4.78, 5) is 0. The van der Waals surface area contributed by atoms with Crippen LogP contribution in [0.5, 0.6) is 0 Å². The lowest BCUT2D eigenvalue weighted by molar-refractivity contribution is 0.0833. The van der Waals surface area contributed by atoms with E-state index < -0.39 is 5.60 Å². The highest BCUT2D eigenvalue weighted by molar-refractivity contribution is 7.99. The summed E-state index contributed by atoms with van der Waals surface area (Å²) in [6.45, 7) is 8.96. The molecule has 2 aromatic rings. The Kier molecular flexibility index (Phi) is 6.73. The van der Waals surface area contributed by atoms with Gasteiger partial charge in [-0.05, 0) is 73.3 Å². The van der Waals surface area contributed by atoms with Crippen LogP contribution in [0.2, 0.25) is 0 Å². The second-order valence-corrected chi connectivity index (χ2v) is 9.50. The molecule has 0 atom stereocenters. The zero-order valence-corrected chi connectivity index (χ0v) is 18.6. The Bertz CT molecular complexity index is 826. The van der Waals surface area contributed by atoms with Gasteiger partial charge in [0, 0.05) is 5.41 Å². The van der Waals surface area contributed by atoms with Crippen molar-refractivity contribution in [3.05, 3.63) is 76.4 Å². The first-order valence-corrected chi connectivity index (χ1v) is 11.8. The van der Waals surface area contributed by atoms with E-state index in [1.165, 1.54) is 27.8 Å². The fourth-order valence-corrected chi connectivity index (χ4v) is 5.67. The van der Waals surface area contributed by atoms with Crippen LogP contribution in [0.25, 0.3) is 6.08 Å². The van der Waals surface area contributed by atoms with Crippen molar-refractivity contribution < 1.29 is 5.11 Å². The summed E-state index contributed by atoms with van der Waals surface area (Å²) in [6.07, 6.45) is 8.03. The molecule has 1 aliphatic rings. The van der Waals surface area contributed by atoms with Crippen LogP contribution in [0.4, 0.5) is 0 Å². The minimum Gasteiger partial charge on any atom is -0.386 e. The lowest BCUT2D eigenvalue weighted by Crippen LogP contribution is -2.30. The van der Waals surface area contributed by atoms with Gasteiger partial charge in [-0.1, -0.05) is 74.0 Å². The van der Waals surface area contributed by atoms with Crippen molar-refractivity contribution in [3.63, 3.8) is 0 Å². The summed E-state index contributed by atoms with van der Waals surface area (Å²) in [5, 5.41) is 10.8. The molecular weight excluding hydrogens is 360 g/mol. The predicted molar refractivity (Wildman–Crippen MR) is 124 cm³/mol. The summed E-state index contributed by atoms with van der Waals surface area (Å²) >= 11 is 1.94.